The highest BCUT2D eigenvalue weighted by molar-refractivity contribution is 7.87. The van der Waals surface area contributed by atoms with Crippen LogP contribution in [0.15, 0.2) is 98.1 Å². The number of hydrogen-bond donors (Lipinski definition) is 5. The maximum absolute atomic E-state index is 14.2. The van der Waals surface area contributed by atoms with Crippen LogP contribution in [0.2, 0.25) is 0 Å². The minimum Gasteiger partial charge on any atom is -0.420 e. The van der Waals surface area contributed by atoms with Gasteiger partial charge in [0.25, 0.3) is 50.6 Å². The first-order valence-corrected chi connectivity index (χ1v) is 30.3. The van der Waals surface area contributed by atoms with Gasteiger partial charge >= 0.3 is 5.97 Å². The van der Waals surface area contributed by atoms with E-state index in [1.807, 2.05) is 0 Å². The Hall–Kier alpha value is -5.73. The molecule has 2 aliphatic rings. The fourth-order valence-electron chi connectivity index (χ4n) is 10.1. The van der Waals surface area contributed by atoms with Crippen molar-refractivity contribution in [3.8, 4) is 5.75 Å². The molecule has 5 aromatic rings. The van der Waals surface area contributed by atoms with E-state index in [0.29, 0.717) is 40.5 Å². The van der Waals surface area contributed by atoms with Crippen molar-refractivity contribution in [2.45, 2.75) is 89.7 Å². The van der Waals surface area contributed by atoms with Gasteiger partial charge in [-0.15, -0.1) is 0 Å². The third-order valence-corrected chi connectivity index (χ3v) is 17.7. The molecule has 20 nitrogen and oxygen atoms in total. The van der Waals surface area contributed by atoms with Gasteiger partial charge in [-0.05, 0) is 105 Å². The molecule has 0 aromatic heterocycles. The first-order chi connectivity index (χ1) is 35.5. The number of nitrogens with zero attached hydrogens (tertiary/aromatic N) is 2. The van der Waals surface area contributed by atoms with Crippen molar-refractivity contribution in [3.63, 3.8) is 0 Å². The van der Waals surface area contributed by atoms with E-state index in [9.17, 15) is 87.2 Å². The van der Waals surface area contributed by atoms with Crippen molar-refractivity contribution in [1.82, 2.24) is 0 Å². The summed E-state index contributed by atoms with van der Waals surface area (Å²) in [5.41, 5.74) is -0.678. The quantitative estimate of drug-likeness (QED) is 0.00952. The van der Waals surface area contributed by atoms with E-state index < -0.39 is 128 Å². The van der Waals surface area contributed by atoms with Crippen LogP contribution in [0.25, 0.3) is 21.5 Å². The van der Waals surface area contributed by atoms with Crippen molar-refractivity contribution >= 4 is 95.2 Å². The van der Waals surface area contributed by atoms with E-state index in [1.54, 1.807) is 48.5 Å². The van der Waals surface area contributed by atoms with Crippen LogP contribution >= 0.6 is 0 Å². The maximum atomic E-state index is 14.2. The minimum absolute atomic E-state index is 0.00849. The number of allylic oxidation sites excluding steroid dienone is 4. The third kappa shape index (κ3) is 11.8. The molecule has 2 aliphatic heterocycles. The second-order valence-electron chi connectivity index (χ2n) is 18.9. The number of benzene rings is 5. The lowest BCUT2D eigenvalue weighted by atomic mass is 9.75. The van der Waals surface area contributed by atoms with Gasteiger partial charge in [-0.25, -0.2) is 8.78 Å². The molecule has 1 unspecified atom stereocenters. The fraction of sp³-hybridized carbons (Fsp3) is 0.333. The number of hydrogen-bond acceptors (Lipinski definition) is 14. The Bertz CT molecular complexity index is 3970. The number of esters is 1. The molecule has 29 heteroatoms. The molecule has 5 aromatic carbocycles. The molecule has 5 N–H and O–H groups in total. The zero-order chi connectivity index (χ0) is 57.2. The number of methoxy groups -OCH3 is 1. The van der Waals surface area contributed by atoms with Crippen molar-refractivity contribution in [3.05, 3.63) is 113 Å². The normalized spacial score (nSPS) is 17.6. The van der Waals surface area contributed by atoms with E-state index in [1.165, 1.54) is 31.4 Å². The van der Waals surface area contributed by atoms with E-state index in [4.69, 9.17) is 4.74 Å². The van der Waals surface area contributed by atoms with E-state index in [-0.39, 0.29) is 85.0 Å². The first-order valence-electron chi connectivity index (χ1n) is 22.9. The minimum atomic E-state index is -5.18. The fourth-order valence-corrected chi connectivity index (χ4v) is 13.3. The average molecular weight is 1180 g/mol. The Morgan fingerprint density at radius 3 is 1.74 bits per heavy atom. The van der Waals surface area contributed by atoms with Gasteiger partial charge in [-0.1, -0.05) is 12.1 Å². The molecule has 0 bridgehead atoms. The summed E-state index contributed by atoms with van der Waals surface area (Å²) in [6.45, 7) is 5.18. The Morgan fingerprint density at radius 2 is 1.22 bits per heavy atom. The molecule has 416 valence electrons. The van der Waals surface area contributed by atoms with Gasteiger partial charge in [0, 0.05) is 77.8 Å². The summed E-state index contributed by atoms with van der Waals surface area (Å²) in [5.74, 6) is -11.0. The lowest BCUT2D eigenvalue weighted by Gasteiger charge is -2.31. The van der Waals surface area contributed by atoms with Gasteiger partial charge in [-0.3, -0.25) is 27.6 Å². The molecule has 7 rings (SSSR count). The maximum Gasteiger partial charge on any atom is 0.311 e. The van der Waals surface area contributed by atoms with Crippen LogP contribution in [-0.2, 0) is 71.0 Å². The highest BCUT2D eigenvalue weighted by atomic mass is 32.2. The van der Waals surface area contributed by atoms with Crippen molar-refractivity contribution in [2.24, 2.45) is 0 Å². The van der Waals surface area contributed by atoms with Gasteiger partial charge in [0.1, 0.15) is 16.3 Å². The largest absolute Gasteiger partial charge is 0.420 e. The van der Waals surface area contributed by atoms with Crippen LogP contribution in [0.4, 0.5) is 28.9 Å². The molecule has 0 saturated carbocycles. The molecule has 0 spiro atoms. The van der Waals surface area contributed by atoms with E-state index in [0.717, 1.165) is 12.1 Å². The smallest absolute Gasteiger partial charge is 0.311 e. The Labute approximate surface area is 440 Å². The van der Waals surface area contributed by atoms with Gasteiger partial charge in [0.05, 0.1) is 27.6 Å². The van der Waals surface area contributed by atoms with Crippen molar-refractivity contribution in [1.29, 1.82) is 0 Å². The number of unbranched alkanes of at least 4 members (excludes halogenated alkanes) is 2. The summed E-state index contributed by atoms with van der Waals surface area (Å²) >= 11 is 0. The van der Waals surface area contributed by atoms with Crippen LogP contribution in [-0.4, -0.2) is 114 Å². The molecule has 2 heterocycles. The van der Waals surface area contributed by atoms with E-state index >= 15 is 0 Å². The first kappa shape index (κ1) is 58.9. The number of fused-ring (bicyclic) bond motifs is 6. The number of anilines is 1. The number of carbonyl (C=O) groups excluding carboxylic acids is 1. The van der Waals surface area contributed by atoms with Gasteiger partial charge in [-0.2, -0.15) is 55.4 Å². The molecule has 0 fully saturated rings. The third-order valence-electron chi connectivity index (χ3n) is 13.5. The van der Waals surface area contributed by atoms with Crippen molar-refractivity contribution in [2.75, 3.05) is 37.5 Å². The predicted octanol–water partition coefficient (Wildman–Crippen LogP) is 7.61. The van der Waals surface area contributed by atoms with Gasteiger partial charge in [0.15, 0.2) is 17.3 Å². The second-order valence-corrected chi connectivity index (χ2v) is 26.1. The van der Waals surface area contributed by atoms with Crippen molar-refractivity contribution < 1.29 is 101 Å². The molecular formula is C48H49F4N2O18S5+. The number of carbonyl (C=O) groups is 1. The summed E-state index contributed by atoms with van der Waals surface area (Å²) in [6.07, 6.45) is 4.36. The highest BCUT2D eigenvalue weighted by Gasteiger charge is 2.48. The van der Waals surface area contributed by atoms with Crippen LogP contribution < -0.4 is 9.64 Å². The summed E-state index contributed by atoms with van der Waals surface area (Å²) in [7, 11) is -23.8. The Balaban J connectivity index is 1.39. The average Bonchev–Trinajstić information content (AvgIpc) is 3.68. The molecule has 1 atom stereocenters. The number of ether oxygens (including phenoxy) is 2. The van der Waals surface area contributed by atoms with Crippen LogP contribution in [0, 0.1) is 23.3 Å². The van der Waals surface area contributed by atoms with Crippen LogP contribution in [0.1, 0.15) is 70.4 Å². The molecule has 0 aliphatic carbocycles. The van der Waals surface area contributed by atoms with Crippen LogP contribution in [0.3, 0.4) is 0 Å². The van der Waals surface area contributed by atoms with Gasteiger partial charge < -0.3 is 14.4 Å². The molecule has 0 saturated heterocycles. The highest BCUT2D eigenvalue weighted by Crippen LogP contribution is 2.54. The van der Waals surface area contributed by atoms with Crippen LogP contribution in [0.5, 0.6) is 5.75 Å². The Morgan fingerprint density at radius 1 is 0.675 bits per heavy atom. The molecular weight excluding hydrogens is 1130 g/mol. The van der Waals surface area contributed by atoms with Gasteiger partial charge in [0.2, 0.25) is 23.1 Å². The summed E-state index contributed by atoms with van der Waals surface area (Å²) in [4.78, 5) is 10.8. The summed E-state index contributed by atoms with van der Waals surface area (Å²) < 4.78 is 244. The topological polar surface area (TPSA) is 314 Å². The zero-order valence-corrected chi connectivity index (χ0v) is 45.1. The lowest BCUT2D eigenvalue weighted by molar-refractivity contribution is -0.438. The second kappa shape index (κ2) is 21.1. The monoisotopic (exact) mass is 1180 g/mol. The standard InChI is InChI=1S/C48H48F4N2O18S5/c1-47(2)39(10-8-11-40-48(3,17-9-21-73(56,57)58)43-32-23-28(75(62,63)64)25-38(77(68,69)70)30(32)14-16-36(43)54(40)19-20-71-4)53(18-7-5-6-12-41(55)72-46-44(51)33(49)26-34(50)45(46)52)35-15-13-29-31(42(35)47)22-27(74(59,60)61)24-37(29)76(65,66)67/h8,10-11,13-16,22-26H,5-7,9,12,17-21H2,1-4H3,(H4-,56,57,58,59,60,61,62,63,64,65,66,67,68,69,70)/p+1. The number of halogens is 4. The molecule has 0 amide bonds. The lowest BCUT2D eigenvalue weighted by Crippen LogP contribution is -2.31. The summed E-state index contributed by atoms with van der Waals surface area (Å²) in [5, 5.41) is -0.425. The zero-order valence-electron chi connectivity index (χ0n) is 41.0. The summed E-state index contributed by atoms with van der Waals surface area (Å²) in [6, 6.07) is 8.72. The predicted molar refractivity (Wildman–Crippen MR) is 270 cm³/mol. The number of rotatable bonds is 20. The molecule has 77 heavy (non-hydrogen) atoms. The Kier molecular flexibility index (Phi) is 16.2. The molecule has 0 radical (unpaired) electrons. The SMILES string of the molecule is COCCN1C(=CC=CC2=[N+](CCCCCC(=O)Oc3c(F)c(F)cc(F)c3F)c3ccc4c(S(=O)(=O)O)cc(S(=O)(=O)O)cc4c3C2(C)C)C(C)(CCCS(=O)(=O)O)c2c1ccc1c(S(=O)(=O)O)cc(S(=O)(=O)O)cc21. The van der Waals surface area contributed by atoms with E-state index in [2.05, 4.69) is 4.74 Å².